The monoisotopic (exact) mass is 304 g/mol. The summed E-state index contributed by atoms with van der Waals surface area (Å²) >= 11 is 1.57. The number of thiazole rings is 1. The Balaban J connectivity index is 1.88. The molecule has 0 saturated heterocycles. The van der Waals surface area contributed by atoms with Gasteiger partial charge >= 0.3 is 0 Å². The lowest BCUT2D eigenvalue weighted by Gasteiger charge is -2.12. The van der Waals surface area contributed by atoms with E-state index in [1.165, 1.54) is 19.2 Å². The minimum Gasteiger partial charge on any atom is -0.493 e. The van der Waals surface area contributed by atoms with Gasteiger partial charge in [-0.25, -0.2) is 9.37 Å². The van der Waals surface area contributed by atoms with Crippen molar-refractivity contribution in [2.75, 3.05) is 12.8 Å². The highest BCUT2D eigenvalue weighted by Crippen LogP contribution is 2.32. The van der Waals surface area contributed by atoms with Gasteiger partial charge in [-0.05, 0) is 6.07 Å². The summed E-state index contributed by atoms with van der Waals surface area (Å²) in [6.45, 7) is 0.308. The van der Waals surface area contributed by atoms with Gasteiger partial charge in [-0.1, -0.05) is 12.1 Å². The molecule has 0 bridgehead atoms. The molecule has 0 saturated carbocycles. The normalized spacial score (nSPS) is 10.8. The van der Waals surface area contributed by atoms with E-state index >= 15 is 0 Å². The van der Waals surface area contributed by atoms with Crippen molar-refractivity contribution in [1.29, 1.82) is 0 Å². The molecule has 0 atom stereocenters. The van der Waals surface area contributed by atoms with E-state index in [0.29, 0.717) is 18.1 Å². The molecule has 2 aromatic carbocycles. The molecule has 0 fully saturated rings. The van der Waals surface area contributed by atoms with Crippen molar-refractivity contribution in [1.82, 2.24) is 4.98 Å². The van der Waals surface area contributed by atoms with Crippen molar-refractivity contribution in [2.24, 2.45) is 0 Å². The fourth-order valence-corrected chi connectivity index (χ4v) is 2.76. The van der Waals surface area contributed by atoms with E-state index in [9.17, 15) is 4.39 Å². The van der Waals surface area contributed by atoms with E-state index in [0.717, 1.165) is 15.8 Å². The lowest BCUT2D eigenvalue weighted by Crippen LogP contribution is -2.01. The molecule has 0 aliphatic rings. The summed E-state index contributed by atoms with van der Waals surface area (Å²) in [7, 11) is 1.46. The Morgan fingerprint density at radius 1 is 1.29 bits per heavy atom. The maximum absolute atomic E-state index is 13.4. The molecule has 0 spiro atoms. The van der Waals surface area contributed by atoms with E-state index in [4.69, 9.17) is 15.2 Å². The molecule has 108 valence electrons. The van der Waals surface area contributed by atoms with Gasteiger partial charge in [0.15, 0.2) is 11.5 Å². The molecule has 3 aromatic rings. The molecule has 0 aliphatic heterocycles. The van der Waals surface area contributed by atoms with Gasteiger partial charge in [0.2, 0.25) is 0 Å². The van der Waals surface area contributed by atoms with Gasteiger partial charge in [0.05, 0.1) is 28.5 Å². The van der Waals surface area contributed by atoms with E-state index in [1.807, 2.05) is 18.2 Å². The number of rotatable bonds is 4. The van der Waals surface area contributed by atoms with Gasteiger partial charge in [-0.15, -0.1) is 11.3 Å². The van der Waals surface area contributed by atoms with E-state index in [-0.39, 0.29) is 5.69 Å². The van der Waals surface area contributed by atoms with Crippen molar-refractivity contribution in [3.8, 4) is 11.5 Å². The minimum atomic E-state index is -0.527. The molecule has 21 heavy (non-hydrogen) atoms. The first-order valence-electron chi connectivity index (χ1n) is 6.26. The highest BCUT2D eigenvalue weighted by molar-refractivity contribution is 7.16. The highest BCUT2D eigenvalue weighted by Gasteiger charge is 2.11. The number of methoxy groups -OCH3 is 1. The molecule has 4 nitrogen and oxygen atoms in total. The van der Waals surface area contributed by atoms with Crippen LogP contribution in [0, 0.1) is 5.82 Å². The van der Waals surface area contributed by atoms with Crippen molar-refractivity contribution in [2.45, 2.75) is 6.61 Å². The zero-order valence-electron chi connectivity index (χ0n) is 11.3. The number of para-hydroxylation sites is 1. The number of fused-ring (bicyclic) bond motifs is 1. The number of nitrogens with two attached hydrogens (primary N) is 1. The number of hydrogen-bond donors (Lipinski definition) is 1. The van der Waals surface area contributed by atoms with Gasteiger partial charge in [0, 0.05) is 17.7 Å². The average Bonchev–Trinajstić information content (AvgIpc) is 2.97. The molecule has 3 rings (SSSR count). The predicted octanol–water partition coefficient (Wildman–Crippen LogP) is 3.61. The summed E-state index contributed by atoms with van der Waals surface area (Å²) in [5, 5.41) is 0. The van der Waals surface area contributed by atoms with Crippen LogP contribution in [0.5, 0.6) is 11.5 Å². The average molecular weight is 304 g/mol. The minimum absolute atomic E-state index is 0.0256. The topological polar surface area (TPSA) is 57.4 Å². The molecule has 0 amide bonds. The Bertz CT molecular complexity index is 788. The highest BCUT2D eigenvalue weighted by atomic mass is 32.1. The van der Waals surface area contributed by atoms with Crippen LogP contribution in [-0.4, -0.2) is 12.1 Å². The quantitative estimate of drug-likeness (QED) is 0.748. The molecule has 0 radical (unpaired) electrons. The summed E-state index contributed by atoms with van der Waals surface area (Å²) in [5.74, 6) is 0.191. The summed E-state index contributed by atoms with van der Waals surface area (Å²) in [6, 6.07) is 8.55. The number of halogens is 1. The Labute approximate surface area is 124 Å². The third-order valence-corrected chi connectivity index (χ3v) is 3.90. The Morgan fingerprint density at radius 3 is 2.95 bits per heavy atom. The van der Waals surface area contributed by atoms with Crippen molar-refractivity contribution >= 4 is 27.2 Å². The van der Waals surface area contributed by atoms with E-state index in [1.54, 1.807) is 16.8 Å². The fourth-order valence-electron chi connectivity index (χ4n) is 2.04. The Kier molecular flexibility index (Phi) is 3.62. The molecular weight excluding hydrogens is 291 g/mol. The van der Waals surface area contributed by atoms with Crippen molar-refractivity contribution in [3.63, 3.8) is 0 Å². The summed E-state index contributed by atoms with van der Waals surface area (Å²) < 4.78 is 25.3. The first kappa shape index (κ1) is 13.6. The van der Waals surface area contributed by atoms with Crippen LogP contribution in [0.4, 0.5) is 10.1 Å². The van der Waals surface area contributed by atoms with E-state index in [2.05, 4.69) is 4.98 Å². The smallest absolute Gasteiger partial charge is 0.163 e. The number of nitrogens with zero attached hydrogens (tertiary/aromatic N) is 1. The lowest BCUT2D eigenvalue weighted by molar-refractivity contribution is 0.284. The van der Waals surface area contributed by atoms with Gasteiger partial charge in [-0.2, -0.15) is 0 Å². The Morgan fingerprint density at radius 2 is 2.14 bits per heavy atom. The Hall–Kier alpha value is -2.34. The molecule has 0 aliphatic carbocycles. The van der Waals surface area contributed by atoms with Crippen LogP contribution < -0.4 is 15.2 Å². The first-order chi connectivity index (χ1) is 10.2. The molecule has 0 unspecified atom stereocenters. The van der Waals surface area contributed by atoms with Crippen LogP contribution in [0.15, 0.2) is 35.8 Å². The van der Waals surface area contributed by atoms with Crippen molar-refractivity contribution < 1.29 is 13.9 Å². The SMILES string of the molecule is COc1cc(F)c(N)cc1OCc1cccc2scnc12. The number of aromatic nitrogens is 1. The number of anilines is 1. The van der Waals surface area contributed by atoms with Gasteiger partial charge in [-0.3, -0.25) is 0 Å². The number of ether oxygens (including phenoxy) is 2. The first-order valence-corrected chi connectivity index (χ1v) is 7.14. The standard InChI is InChI=1S/C15H13FN2O2S/c1-19-12-5-10(16)11(17)6-13(12)20-7-9-3-2-4-14-15(9)18-8-21-14/h2-6,8H,7,17H2,1H3. The second-order valence-corrected chi connectivity index (χ2v) is 5.32. The number of hydrogen-bond acceptors (Lipinski definition) is 5. The van der Waals surface area contributed by atoms with Crippen LogP contribution in [0.3, 0.4) is 0 Å². The van der Waals surface area contributed by atoms with Crippen LogP contribution >= 0.6 is 11.3 Å². The van der Waals surface area contributed by atoms with Crippen molar-refractivity contribution in [3.05, 3.63) is 47.2 Å². The lowest BCUT2D eigenvalue weighted by atomic mass is 10.2. The van der Waals surface area contributed by atoms with Gasteiger partial charge < -0.3 is 15.2 Å². The van der Waals surface area contributed by atoms with Crippen LogP contribution in [0.25, 0.3) is 10.2 Å². The largest absolute Gasteiger partial charge is 0.493 e. The second-order valence-electron chi connectivity index (χ2n) is 4.43. The summed E-state index contributed by atoms with van der Waals surface area (Å²) in [6.07, 6.45) is 0. The maximum Gasteiger partial charge on any atom is 0.163 e. The number of benzene rings is 2. The van der Waals surface area contributed by atoms with Crippen LogP contribution in [-0.2, 0) is 6.61 Å². The molecule has 6 heteroatoms. The maximum atomic E-state index is 13.4. The third kappa shape index (κ3) is 2.62. The zero-order chi connectivity index (χ0) is 14.8. The van der Waals surface area contributed by atoms with Gasteiger partial charge in [0.1, 0.15) is 12.4 Å². The second kappa shape index (κ2) is 5.57. The third-order valence-electron chi connectivity index (χ3n) is 3.11. The number of nitrogen functional groups attached to an aromatic ring is 1. The fraction of sp³-hybridized carbons (Fsp3) is 0.133. The molecule has 1 aromatic heterocycles. The van der Waals surface area contributed by atoms with Gasteiger partial charge in [0.25, 0.3) is 0 Å². The zero-order valence-corrected chi connectivity index (χ0v) is 12.1. The predicted molar refractivity (Wildman–Crippen MR) is 81.3 cm³/mol. The van der Waals surface area contributed by atoms with Crippen LogP contribution in [0.2, 0.25) is 0 Å². The molecular formula is C15H13FN2O2S. The molecule has 1 heterocycles. The van der Waals surface area contributed by atoms with Crippen LogP contribution in [0.1, 0.15) is 5.56 Å². The van der Waals surface area contributed by atoms with E-state index < -0.39 is 5.82 Å². The molecule has 2 N–H and O–H groups in total. The summed E-state index contributed by atoms with van der Waals surface area (Å²) in [4.78, 5) is 4.33. The summed E-state index contributed by atoms with van der Waals surface area (Å²) in [5.41, 5.74) is 9.26.